The van der Waals surface area contributed by atoms with E-state index in [0.29, 0.717) is 6.17 Å². The molecule has 14 heavy (non-hydrogen) atoms. The van der Waals surface area contributed by atoms with E-state index in [-0.39, 0.29) is 0 Å². The molecule has 1 aliphatic heterocycles. The molecule has 1 rings (SSSR count). The zero-order chi connectivity index (χ0) is 10.1. The number of hydrogen-bond donors (Lipinski definition) is 2. The van der Waals surface area contributed by atoms with Crippen LogP contribution in [0.4, 0.5) is 0 Å². The second-order valence-electron chi connectivity index (χ2n) is 3.76. The predicted molar refractivity (Wildman–Crippen MR) is 61.7 cm³/mol. The van der Waals surface area contributed by atoms with Crippen LogP contribution in [0.15, 0.2) is 24.6 Å². The Hall–Kier alpha value is -0.920. The molecule has 0 radical (unpaired) electrons. The van der Waals surface area contributed by atoms with Gasteiger partial charge >= 0.3 is 0 Å². The molecule has 0 fully saturated rings. The molecule has 0 saturated heterocycles. The van der Waals surface area contributed by atoms with Crippen molar-refractivity contribution in [3.8, 4) is 0 Å². The number of rotatable bonds is 7. The van der Waals surface area contributed by atoms with Crippen molar-refractivity contribution in [2.75, 3.05) is 0 Å². The molecule has 2 heteroatoms. The SMILES string of the molecule is CCCCC/C=C/CCC1NC=CN1. The fraction of sp³-hybridized carbons (Fsp3) is 0.667. The van der Waals surface area contributed by atoms with Crippen LogP contribution >= 0.6 is 0 Å². The van der Waals surface area contributed by atoms with Crippen LogP contribution < -0.4 is 10.6 Å². The molecular formula is C12H22N2. The van der Waals surface area contributed by atoms with Gasteiger partial charge in [-0.2, -0.15) is 0 Å². The fourth-order valence-corrected chi connectivity index (χ4v) is 1.55. The Balaban J connectivity index is 1.87. The van der Waals surface area contributed by atoms with Gasteiger partial charge in [-0.3, -0.25) is 0 Å². The van der Waals surface area contributed by atoms with Gasteiger partial charge in [-0.15, -0.1) is 0 Å². The first-order chi connectivity index (χ1) is 6.93. The monoisotopic (exact) mass is 194 g/mol. The van der Waals surface area contributed by atoms with Crippen molar-refractivity contribution < 1.29 is 0 Å². The predicted octanol–water partition coefficient (Wildman–Crippen LogP) is 2.89. The largest absolute Gasteiger partial charge is 0.370 e. The van der Waals surface area contributed by atoms with E-state index in [0.717, 1.165) is 6.42 Å². The molecule has 2 nitrogen and oxygen atoms in total. The summed E-state index contributed by atoms with van der Waals surface area (Å²) in [5.41, 5.74) is 0. The average molecular weight is 194 g/mol. The van der Waals surface area contributed by atoms with Crippen LogP contribution in [0, 0.1) is 0 Å². The van der Waals surface area contributed by atoms with Crippen molar-refractivity contribution in [2.24, 2.45) is 0 Å². The first-order valence-corrected chi connectivity index (χ1v) is 5.75. The highest BCUT2D eigenvalue weighted by Gasteiger charge is 2.04. The summed E-state index contributed by atoms with van der Waals surface area (Å²) in [5, 5.41) is 6.48. The second kappa shape index (κ2) is 7.48. The lowest BCUT2D eigenvalue weighted by Gasteiger charge is -2.09. The summed E-state index contributed by atoms with van der Waals surface area (Å²) in [7, 11) is 0. The second-order valence-corrected chi connectivity index (χ2v) is 3.76. The first-order valence-electron chi connectivity index (χ1n) is 5.75. The molecular weight excluding hydrogens is 172 g/mol. The smallest absolute Gasteiger partial charge is 0.0958 e. The van der Waals surface area contributed by atoms with Crippen LogP contribution in [0.3, 0.4) is 0 Å². The van der Waals surface area contributed by atoms with Gasteiger partial charge in [0.1, 0.15) is 0 Å². The Morgan fingerprint density at radius 1 is 1.07 bits per heavy atom. The van der Waals surface area contributed by atoms with Crippen molar-refractivity contribution in [1.29, 1.82) is 0 Å². The Kier molecular flexibility index (Phi) is 5.96. The minimum atomic E-state index is 0.454. The molecule has 0 atom stereocenters. The Bertz CT molecular complexity index is 177. The van der Waals surface area contributed by atoms with Crippen molar-refractivity contribution in [1.82, 2.24) is 10.6 Å². The molecule has 0 unspecified atom stereocenters. The van der Waals surface area contributed by atoms with Crippen LogP contribution in [0.25, 0.3) is 0 Å². The summed E-state index contributed by atoms with van der Waals surface area (Å²) in [6.45, 7) is 2.24. The Labute approximate surface area is 87.5 Å². The minimum absolute atomic E-state index is 0.454. The standard InChI is InChI=1S/C12H22N2/c1-2-3-4-5-6-7-8-9-12-13-10-11-14-12/h6-7,10-14H,2-5,8-9H2,1H3/b7-6+. The molecule has 80 valence electrons. The number of unbranched alkanes of at least 4 members (excludes halogenated alkanes) is 3. The molecule has 0 spiro atoms. The van der Waals surface area contributed by atoms with E-state index in [2.05, 4.69) is 29.7 Å². The lowest BCUT2D eigenvalue weighted by Crippen LogP contribution is -2.30. The molecule has 0 bridgehead atoms. The number of hydrogen-bond acceptors (Lipinski definition) is 2. The van der Waals surface area contributed by atoms with Crippen molar-refractivity contribution in [2.45, 2.75) is 51.6 Å². The van der Waals surface area contributed by atoms with E-state index in [1.807, 2.05) is 12.4 Å². The van der Waals surface area contributed by atoms with Crippen LogP contribution in [0.1, 0.15) is 45.4 Å². The summed E-state index contributed by atoms with van der Waals surface area (Å²) >= 11 is 0. The molecule has 0 aliphatic carbocycles. The Morgan fingerprint density at radius 2 is 1.79 bits per heavy atom. The van der Waals surface area contributed by atoms with Crippen molar-refractivity contribution in [3.05, 3.63) is 24.6 Å². The lowest BCUT2D eigenvalue weighted by atomic mass is 10.2. The molecule has 2 N–H and O–H groups in total. The van der Waals surface area contributed by atoms with E-state index in [4.69, 9.17) is 0 Å². The van der Waals surface area contributed by atoms with Gasteiger partial charge < -0.3 is 10.6 Å². The molecule has 0 amide bonds. The molecule has 0 aromatic heterocycles. The molecule has 0 aromatic carbocycles. The average Bonchev–Trinajstić information content (AvgIpc) is 2.69. The first kappa shape index (κ1) is 11.2. The van der Waals surface area contributed by atoms with E-state index >= 15 is 0 Å². The van der Waals surface area contributed by atoms with Crippen LogP contribution in [-0.4, -0.2) is 6.17 Å². The number of allylic oxidation sites excluding steroid dienone is 2. The maximum absolute atomic E-state index is 3.24. The molecule has 1 aliphatic rings. The molecule has 0 aromatic rings. The van der Waals surface area contributed by atoms with Gasteiger partial charge in [-0.05, 0) is 25.7 Å². The summed E-state index contributed by atoms with van der Waals surface area (Å²) < 4.78 is 0. The third-order valence-electron chi connectivity index (χ3n) is 2.44. The van der Waals surface area contributed by atoms with Crippen molar-refractivity contribution >= 4 is 0 Å². The van der Waals surface area contributed by atoms with Crippen molar-refractivity contribution in [3.63, 3.8) is 0 Å². The van der Waals surface area contributed by atoms with Gasteiger partial charge in [0.05, 0.1) is 6.17 Å². The quantitative estimate of drug-likeness (QED) is 0.481. The van der Waals surface area contributed by atoms with Gasteiger partial charge in [0.15, 0.2) is 0 Å². The van der Waals surface area contributed by atoms with E-state index in [1.54, 1.807) is 0 Å². The van der Waals surface area contributed by atoms with Gasteiger partial charge in [0.2, 0.25) is 0 Å². The van der Waals surface area contributed by atoms with Gasteiger partial charge in [0, 0.05) is 12.4 Å². The maximum Gasteiger partial charge on any atom is 0.0958 e. The summed E-state index contributed by atoms with van der Waals surface area (Å²) in [4.78, 5) is 0. The highest BCUT2D eigenvalue weighted by Crippen LogP contribution is 2.03. The maximum atomic E-state index is 3.24. The molecule has 1 heterocycles. The third-order valence-corrected chi connectivity index (χ3v) is 2.44. The molecule has 0 saturated carbocycles. The summed E-state index contributed by atoms with van der Waals surface area (Å²) in [5.74, 6) is 0. The van der Waals surface area contributed by atoms with E-state index in [9.17, 15) is 0 Å². The zero-order valence-electron chi connectivity index (χ0n) is 9.13. The highest BCUT2D eigenvalue weighted by atomic mass is 15.1. The Morgan fingerprint density at radius 3 is 2.50 bits per heavy atom. The van der Waals surface area contributed by atoms with Crippen LogP contribution in [0.5, 0.6) is 0 Å². The summed E-state index contributed by atoms with van der Waals surface area (Å²) in [6.07, 6.45) is 16.6. The van der Waals surface area contributed by atoms with Gasteiger partial charge in [-0.25, -0.2) is 0 Å². The van der Waals surface area contributed by atoms with Crippen LogP contribution in [0.2, 0.25) is 0 Å². The third kappa shape index (κ3) is 4.95. The highest BCUT2D eigenvalue weighted by molar-refractivity contribution is 4.92. The van der Waals surface area contributed by atoms with E-state index < -0.39 is 0 Å². The van der Waals surface area contributed by atoms with Gasteiger partial charge in [0.25, 0.3) is 0 Å². The fourth-order valence-electron chi connectivity index (χ4n) is 1.55. The normalized spacial score (nSPS) is 16.1. The van der Waals surface area contributed by atoms with Gasteiger partial charge in [-0.1, -0.05) is 31.9 Å². The minimum Gasteiger partial charge on any atom is -0.370 e. The topological polar surface area (TPSA) is 24.1 Å². The summed E-state index contributed by atoms with van der Waals surface area (Å²) in [6, 6.07) is 0. The lowest BCUT2D eigenvalue weighted by molar-refractivity contribution is 0.532. The van der Waals surface area contributed by atoms with E-state index in [1.165, 1.54) is 32.1 Å². The number of nitrogens with one attached hydrogen (secondary N) is 2. The van der Waals surface area contributed by atoms with Crippen LogP contribution in [-0.2, 0) is 0 Å². The zero-order valence-corrected chi connectivity index (χ0v) is 9.13.